The van der Waals surface area contributed by atoms with Crippen molar-refractivity contribution in [3.63, 3.8) is 0 Å². The summed E-state index contributed by atoms with van der Waals surface area (Å²) in [5.74, 6) is -2.88. The SMILES string of the molecule is CC1CC2(NC(CC(=O)c3ccccc3)CS2)C2(O)OC3CC4(/C=N/O)C(CCC5C4CCC4(C)C(C6C=CC(=O)O6)CCC54O)CC3OC2(C)O1. The molecule has 0 amide bonds. The smallest absolute Gasteiger partial charge is 0.331 e. The lowest BCUT2D eigenvalue weighted by Crippen LogP contribution is -2.81. The normalized spacial score (nSPS) is 52.1. The second kappa shape index (κ2) is 12.1. The number of hydrogen-bond acceptors (Lipinski definition) is 12. The average molecular weight is 737 g/mol. The number of fused-ring (bicyclic) bond motifs is 8. The second-order valence-corrected chi connectivity index (χ2v) is 18.9. The first-order chi connectivity index (χ1) is 24.8. The molecule has 4 heterocycles. The molecule has 4 N–H and O–H groups in total. The van der Waals surface area contributed by atoms with Crippen LogP contribution in [0, 0.1) is 34.5 Å². The Balaban J connectivity index is 1.00. The van der Waals surface area contributed by atoms with E-state index in [0.29, 0.717) is 37.0 Å². The lowest BCUT2D eigenvalue weighted by molar-refractivity contribution is -0.491. The lowest BCUT2D eigenvalue weighted by Gasteiger charge is -2.67. The molecule has 11 nitrogen and oxygen atoms in total. The molecule has 0 aromatic heterocycles. The van der Waals surface area contributed by atoms with E-state index in [9.17, 15) is 25.0 Å². The lowest BCUT2D eigenvalue weighted by atomic mass is 9.42. The third-order valence-corrected chi connectivity index (χ3v) is 16.8. The molecule has 8 aliphatic rings. The summed E-state index contributed by atoms with van der Waals surface area (Å²) in [6.07, 6.45) is 10.2. The number of hydrogen-bond donors (Lipinski definition) is 4. The van der Waals surface area contributed by atoms with Crippen LogP contribution in [0.2, 0.25) is 0 Å². The number of nitrogens with zero attached hydrogens (tertiary/aromatic N) is 1. The van der Waals surface area contributed by atoms with Gasteiger partial charge in [-0.3, -0.25) is 10.1 Å². The van der Waals surface area contributed by atoms with Crippen molar-refractivity contribution in [2.24, 2.45) is 39.7 Å². The zero-order valence-electron chi connectivity index (χ0n) is 30.2. The topological polar surface area (TPSA) is 156 Å². The summed E-state index contributed by atoms with van der Waals surface area (Å²) in [5.41, 5.74) is -1.31. The van der Waals surface area contributed by atoms with Crippen LogP contribution in [-0.4, -0.2) is 91.6 Å². The second-order valence-electron chi connectivity index (χ2n) is 17.6. The minimum Gasteiger partial charge on any atom is -0.455 e. The van der Waals surface area contributed by atoms with Gasteiger partial charge in [0.2, 0.25) is 11.6 Å². The molecule has 1 aromatic carbocycles. The zero-order chi connectivity index (χ0) is 36.3. The third kappa shape index (κ3) is 4.83. The number of ketones is 1. The third-order valence-electron chi connectivity index (χ3n) is 15.2. The first kappa shape index (κ1) is 35.4. The summed E-state index contributed by atoms with van der Waals surface area (Å²) in [6.45, 7) is 5.95. The van der Waals surface area contributed by atoms with Crippen LogP contribution in [0.3, 0.4) is 0 Å². The first-order valence-corrected chi connectivity index (χ1v) is 20.3. The van der Waals surface area contributed by atoms with Crippen LogP contribution in [0.4, 0.5) is 0 Å². The maximum Gasteiger partial charge on any atom is 0.331 e. The number of benzene rings is 1. The Hall–Kier alpha value is -2.32. The maximum atomic E-state index is 13.2. The predicted octanol–water partition coefficient (Wildman–Crippen LogP) is 4.96. The number of rotatable bonds is 5. The summed E-state index contributed by atoms with van der Waals surface area (Å²) in [6, 6.07) is 9.10. The number of thioether (sulfide) groups is 1. The molecule has 15 atom stereocenters. The average Bonchev–Trinajstić information content (AvgIpc) is 3.79. The molecule has 282 valence electrons. The Bertz CT molecular complexity index is 1680. The van der Waals surface area contributed by atoms with Crippen LogP contribution in [0.25, 0.3) is 0 Å². The van der Waals surface area contributed by atoms with Crippen molar-refractivity contribution in [2.75, 3.05) is 5.75 Å². The molecular weight excluding hydrogens is 685 g/mol. The number of ether oxygens (including phenoxy) is 4. The van der Waals surface area contributed by atoms with Crippen LogP contribution in [0.1, 0.15) is 95.3 Å². The van der Waals surface area contributed by atoms with E-state index >= 15 is 0 Å². The number of nitrogens with one attached hydrogen (secondary N) is 1. The van der Waals surface area contributed by atoms with Crippen molar-refractivity contribution in [1.29, 1.82) is 0 Å². The zero-order valence-corrected chi connectivity index (χ0v) is 31.1. The van der Waals surface area contributed by atoms with Crippen molar-refractivity contribution in [3.05, 3.63) is 48.0 Å². The molecule has 1 aromatic rings. The van der Waals surface area contributed by atoms with Gasteiger partial charge in [-0.1, -0.05) is 37.3 Å². The van der Waals surface area contributed by atoms with Crippen molar-refractivity contribution in [3.8, 4) is 0 Å². The van der Waals surface area contributed by atoms with E-state index in [1.165, 1.54) is 6.08 Å². The van der Waals surface area contributed by atoms with Crippen LogP contribution in [0.15, 0.2) is 47.6 Å². The van der Waals surface area contributed by atoms with Crippen LogP contribution in [-0.2, 0) is 23.7 Å². The van der Waals surface area contributed by atoms with E-state index in [1.807, 2.05) is 43.3 Å². The molecule has 12 heteroatoms. The van der Waals surface area contributed by atoms with Crippen molar-refractivity contribution >= 4 is 29.7 Å². The van der Waals surface area contributed by atoms with Crippen LogP contribution < -0.4 is 5.32 Å². The number of oxime groups is 1. The number of aliphatic hydroxyl groups is 2. The molecule has 0 bridgehead atoms. The number of carbonyl (C=O) groups excluding carboxylic acids is 2. The Labute approximate surface area is 309 Å². The summed E-state index contributed by atoms with van der Waals surface area (Å²) in [4.78, 5) is 24.3. The molecule has 9 rings (SSSR count). The van der Waals surface area contributed by atoms with Gasteiger partial charge in [-0.15, -0.1) is 16.9 Å². The number of carbonyl (C=O) groups is 2. The molecule has 3 saturated heterocycles. The van der Waals surface area contributed by atoms with E-state index in [1.54, 1.807) is 24.9 Å². The largest absolute Gasteiger partial charge is 0.455 e. The molecule has 7 fully saturated rings. The van der Waals surface area contributed by atoms with Gasteiger partial charge in [0.15, 0.2) is 5.78 Å². The monoisotopic (exact) mass is 736 g/mol. The van der Waals surface area contributed by atoms with Gasteiger partial charge in [-0.2, -0.15) is 0 Å². The van der Waals surface area contributed by atoms with Gasteiger partial charge < -0.3 is 34.4 Å². The van der Waals surface area contributed by atoms with E-state index in [4.69, 9.17) is 18.9 Å². The Morgan fingerprint density at radius 1 is 1.00 bits per heavy atom. The fourth-order valence-electron chi connectivity index (χ4n) is 12.9. The number of cyclic esters (lactones) is 1. The van der Waals surface area contributed by atoms with Gasteiger partial charge in [0.1, 0.15) is 11.0 Å². The van der Waals surface area contributed by atoms with Crippen molar-refractivity contribution < 1.29 is 44.0 Å². The molecular formula is C40H52N2O9S. The Morgan fingerprint density at radius 2 is 1.79 bits per heavy atom. The van der Waals surface area contributed by atoms with Gasteiger partial charge >= 0.3 is 5.97 Å². The highest BCUT2D eigenvalue weighted by molar-refractivity contribution is 8.01. The summed E-state index contributed by atoms with van der Waals surface area (Å²) in [7, 11) is 0. The maximum absolute atomic E-state index is 13.2. The molecule has 4 aliphatic heterocycles. The highest BCUT2D eigenvalue weighted by Crippen LogP contribution is 2.70. The molecule has 15 unspecified atom stereocenters. The van der Waals surface area contributed by atoms with Gasteiger partial charge in [-0.05, 0) is 89.0 Å². The number of esters is 1. The molecule has 4 saturated carbocycles. The summed E-state index contributed by atoms with van der Waals surface area (Å²) in [5, 5.41) is 43.4. The number of Topliss-reactive ketones (excluding diaryl/α,β-unsaturated/α-hetero) is 1. The molecule has 4 aliphatic carbocycles. The Morgan fingerprint density at radius 3 is 2.54 bits per heavy atom. The fraction of sp³-hybridized carbons (Fsp3) is 0.725. The fourth-order valence-corrected chi connectivity index (χ4v) is 14.6. The van der Waals surface area contributed by atoms with E-state index in [2.05, 4.69) is 17.4 Å². The van der Waals surface area contributed by atoms with Gasteiger partial charge in [0.25, 0.3) is 0 Å². The highest BCUT2D eigenvalue weighted by Gasteiger charge is 2.76. The minimum atomic E-state index is -1.89. The standard InChI is InChI=1S/C40H52N2O9S/c1-23-19-39(42-26(21-52-39)18-30(43)24-7-5-4-6-8-24)40(46)36(3,49-23)50-32-17-25-9-10-28-27(37(25,22-41-47)20-33(32)51-40)13-15-35(2)29(14-16-38(28,35)45)31-11-12-34(44)48-31/h4-8,11-12,22-23,25-29,31-33,42,45-47H,9-10,13-21H2,1-3H3/b41-22+. The van der Waals surface area contributed by atoms with Gasteiger partial charge in [0, 0.05) is 53.0 Å². The van der Waals surface area contributed by atoms with Crippen molar-refractivity contribution in [1.82, 2.24) is 5.32 Å². The predicted molar refractivity (Wildman–Crippen MR) is 191 cm³/mol. The molecule has 0 radical (unpaired) electrons. The Kier molecular flexibility index (Phi) is 8.23. The quantitative estimate of drug-likeness (QED) is 0.0810. The van der Waals surface area contributed by atoms with Crippen LogP contribution in [0.5, 0.6) is 0 Å². The molecule has 1 spiro atoms. The summed E-state index contributed by atoms with van der Waals surface area (Å²) >= 11 is 1.57. The first-order valence-electron chi connectivity index (χ1n) is 19.3. The van der Waals surface area contributed by atoms with E-state index < -0.39 is 39.0 Å². The van der Waals surface area contributed by atoms with E-state index in [-0.39, 0.29) is 66.2 Å². The van der Waals surface area contributed by atoms with Gasteiger partial charge in [0.05, 0.1) is 30.1 Å². The minimum absolute atomic E-state index is 0.0251. The van der Waals surface area contributed by atoms with Crippen molar-refractivity contribution in [2.45, 2.75) is 137 Å². The molecule has 52 heavy (non-hydrogen) atoms. The highest BCUT2D eigenvalue weighted by atomic mass is 32.2. The van der Waals surface area contributed by atoms with E-state index in [0.717, 1.165) is 32.1 Å². The van der Waals surface area contributed by atoms with Crippen LogP contribution >= 0.6 is 11.8 Å². The summed E-state index contributed by atoms with van der Waals surface area (Å²) < 4.78 is 26.1. The van der Waals surface area contributed by atoms with Gasteiger partial charge in [-0.25, -0.2) is 4.79 Å².